The average Bonchev–Trinajstić information content (AvgIpc) is 3.26. The summed E-state index contributed by atoms with van der Waals surface area (Å²) in [4.78, 5) is 42.9. The zero-order chi connectivity index (χ0) is 23.3. The molecule has 0 atom stereocenters. The summed E-state index contributed by atoms with van der Waals surface area (Å²) in [5.74, 6) is -0.583. The standard InChI is InChI=1S/C23H32N4O4S/c1-4-7-13-24-21(28)19-16-32-20(26-19)15-27(14-8-5-2)23(30)25-18-11-9-17(10-12-18)22(29)31-6-3/h9-12,16H,4-8,13-15H2,1-3H3,(H,24,28)(H,25,30). The van der Waals surface area contributed by atoms with E-state index in [1.54, 1.807) is 41.5 Å². The van der Waals surface area contributed by atoms with Crippen molar-refractivity contribution >= 4 is 34.9 Å². The first-order chi connectivity index (χ1) is 15.5. The Morgan fingerprint density at radius 2 is 1.78 bits per heavy atom. The molecule has 0 unspecified atom stereocenters. The maximum Gasteiger partial charge on any atom is 0.338 e. The molecule has 0 saturated heterocycles. The van der Waals surface area contributed by atoms with E-state index in [1.165, 1.54) is 11.3 Å². The van der Waals surface area contributed by atoms with Crippen molar-refractivity contribution in [2.24, 2.45) is 0 Å². The first kappa shape index (κ1) is 25.3. The number of aromatic nitrogens is 1. The van der Waals surface area contributed by atoms with Crippen LogP contribution in [0.1, 0.15) is 72.3 Å². The molecule has 0 saturated carbocycles. The Kier molecular flexibility index (Phi) is 10.7. The summed E-state index contributed by atoms with van der Waals surface area (Å²) in [6.07, 6.45) is 3.73. The number of carbonyl (C=O) groups excluding carboxylic acids is 3. The molecule has 0 fully saturated rings. The number of esters is 1. The quantitative estimate of drug-likeness (QED) is 0.354. The van der Waals surface area contributed by atoms with E-state index in [2.05, 4.69) is 29.5 Å². The Morgan fingerprint density at radius 1 is 1.06 bits per heavy atom. The van der Waals surface area contributed by atoms with Gasteiger partial charge in [-0.1, -0.05) is 26.7 Å². The van der Waals surface area contributed by atoms with Crippen molar-refractivity contribution in [1.82, 2.24) is 15.2 Å². The summed E-state index contributed by atoms with van der Waals surface area (Å²) < 4.78 is 4.98. The molecule has 2 N–H and O–H groups in total. The molecule has 0 bridgehead atoms. The summed E-state index contributed by atoms with van der Waals surface area (Å²) in [6.45, 7) is 7.71. The van der Waals surface area contributed by atoms with Crippen molar-refractivity contribution < 1.29 is 19.1 Å². The van der Waals surface area contributed by atoms with Gasteiger partial charge in [0.25, 0.3) is 5.91 Å². The number of urea groups is 1. The SMILES string of the molecule is CCCCNC(=O)c1csc(CN(CCCC)C(=O)Nc2ccc(C(=O)OCC)cc2)n1. The van der Waals surface area contributed by atoms with Crippen LogP contribution in [0.4, 0.5) is 10.5 Å². The van der Waals surface area contributed by atoms with Gasteiger partial charge in [-0.05, 0) is 44.0 Å². The smallest absolute Gasteiger partial charge is 0.338 e. The number of nitrogens with zero attached hydrogens (tertiary/aromatic N) is 2. The van der Waals surface area contributed by atoms with Gasteiger partial charge in [0.2, 0.25) is 0 Å². The maximum atomic E-state index is 12.9. The lowest BCUT2D eigenvalue weighted by Gasteiger charge is -2.22. The number of carbonyl (C=O) groups is 3. The van der Waals surface area contributed by atoms with Crippen molar-refractivity contribution in [2.75, 3.05) is 25.0 Å². The van der Waals surface area contributed by atoms with Crippen LogP contribution in [0.2, 0.25) is 0 Å². The number of amides is 3. The molecular formula is C23H32N4O4S. The van der Waals surface area contributed by atoms with E-state index in [9.17, 15) is 14.4 Å². The average molecular weight is 461 g/mol. The largest absolute Gasteiger partial charge is 0.462 e. The number of nitrogens with one attached hydrogen (secondary N) is 2. The predicted octanol–water partition coefficient (Wildman–Crippen LogP) is 4.68. The molecule has 0 radical (unpaired) electrons. The molecular weight excluding hydrogens is 428 g/mol. The number of hydrogen-bond acceptors (Lipinski definition) is 6. The number of ether oxygens (including phenoxy) is 1. The minimum Gasteiger partial charge on any atom is -0.462 e. The van der Waals surface area contributed by atoms with Gasteiger partial charge in [0.15, 0.2) is 0 Å². The molecule has 3 amide bonds. The zero-order valence-corrected chi connectivity index (χ0v) is 19.8. The normalized spacial score (nSPS) is 10.5. The second-order valence-corrected chi connectivity index (χ2v) is 8.18. The second-order valence-electron chi connectivity index (χ2n) is 7.24. The van der Waals surface area contributed by atoms with Crippen molar-refractivity contribution in [3.63, 3.8) is 0 Å². The van der Waals surface area contributed by atoms with Crippen LogP contribution in [-0.4, -0.2) is 47.5 Å². The van der Waals surface area contributed by atoms with Crippen LogP contribution >= 0.6 is 11.3 Å². The molecule has 1 heterocycles. The minimum absolute atomic E-state index is 0.188. The number of anilines is 1. The fraction of sp³-hybridized carbons (Fsp3) is 0.478. The van der Waals surface area contributed by atoms with Gasteiger partial charge < -0.3 is 20.3 Å². The van der Waals surface area contributed by atoms with Crippen LogP contribution in [0.3, 0.4) is 0 Å². The first-order valence-electron chi connectivity index (χ1n) is 11.0. The van der Waals surface area contributed by atoms with Crippen LogP contribution in [0.15, 0.2) is 29.6 Å². The summed E-state index contributed by atoms with van der Waals surface area (Å²) in [6, 6.07) is 6.32. The first-order valence-corrected chi connectivity index (χ1v) is 11.9. The molecule has 1 aromatic heterocycles. The van der Waals surface area contributed by atoms with Gasteiger partial charge in [-0.25, -0.2) is 14.6 Å². The lowest BCUT2D eigenvalue weighted by molar-refractivity contribution is 0.0526. The van der Waals surface area contributed by atoms with Gasteiger partial charge in [0, 0.05) is 24.2 Å². The van der Waals surface area contributed by atoms with Crippen molar-refractivity contribution in [3.05, 3.63) is 45.9 Å². The molecule has 0 spiro atoms. The summed E-state index contributed by atoms with van der Waals surface area (Å²) in [5, 5.41) is 8.15. The summed E-state index contributed by atoms with van der Waals surface area (Å²) in [5.41, 5.74) is 1.39. The van der Waals surface area contributed by atoms with Crippen molar-refractivity contribution in [1.29, 1.82) is 0 Å². The van der Waals surface area contributed by atoms with Gasteiger partial charge in [0.05, 0.1) is 18.7 Å². The Hall–Kier alpha value is -2.94. The third-order valence-corrected chi connectivity index (χ3v) is 5.48. The molecule has 0 aliphatic carbocycles. The van der Waals surface area contributed by atoms with E-state index >= 15 is 0 Å². The van der Waals surface area contributed by atoms with E-state index < -0.39 is 5.97 Å². The van der Waals surface area contributed by atoms with Crippen molar-refractivity contribution in [3.8, 4) is 0 Å². The fourth-order valence-electron chi connectivity index (χ4n) is 2.83. The number of rotatable bonds is 12. The molecule has 2 aromatic rings. The molecule has 1 aromatic carbocycles. The molecule has 8 nitrogen and oxygen atoms in total. The van der Waals surface area contributed by atoms with Gasteiger partial charge in [-0.2, -0.15) is 0 Å². The molecule has 2 rings (SSSR count). The molecule has 0 aliphatic rings. The van der Waals surface area contributed by atoms with Gasteiger partial charge in [0.1, 0.15) is 10.7 Å². The minimum atomic E-state index is -0.395. The number of thiazole rings is 1. The highest BCUT2D eigenvalue weighted by atomic mass is 32.1. The lowest BCUT2D eigenvalue weighted by Crippen LogP contribution is -2.35. The molecule has 0 aliphatic heterocycles. The Bertz CT molecular complexity index is 882. The summed E-state index contributed by atoms with van der Waals surface area (Å²) >= 11 is 1.37. The van der Waals surface area contributed by atoms with Crippen LogP contribution in [0, 0.1) is 0 Å². The Labute approximate surface area is 193 Å². The topological polar surface area (TPSA) is 101 Å². The number of hydrogen-bond donors (Lipinski definition) is 2. The highest BCUT2D eigenvalue weighted by Crippen LogP contribution is 2.16. The van der Waals surface area contributed by atoms with Crippen LogP contribution in [0.5, 0.6) is 0 Å². The maximum absolute atomic E-state index is 12.9. The number of benzene rings is 1. The third-order valence-electron chi connectivity index (χ3n) is 4.64. The highest BCUT2D eigenvalue weighted by molar-refractivity contribution is 7.09. The van der Waals surface area contributed by atoms with E-state index in [0.717, 1.165) is 25.7 Å². The molecule has 32 heavy (non-hydrogen) atoms. The Morgan fingerprint density at radius 3 is 2.44 bits per heavy atom. The van der Waals surface area contributed by atoms with E-state index in [1.807, 2.05) is 0 Å². The second kappa shape index (κ2) is 13.5. The molecule has 9 heteroatoms. The van der Waals surface area contributed by atoms with Crippen LogP contribution in [0.25, 0.3) is 0 Å². The third kappa shape index (κ3) is 7.96. The van der Waals surface area contributed by atoms with E-state index in [4.69, 9.17) is 4.74 Å². The van der Waals surface area contributed by atoms with Gasteiger partial charge in [-0.15, -0.1) is 11.3 Å². The zero-order valence-electron chi connectivity index (χ0n) is 19.0. The fourth-order valence-corrected chi connectivity index (χ4v) is 3.62. The lowest BCUT2D eigenvalue weighted by atomic mass is 10.2. The van der Waals surface area contributed by atoms with E-state index in [0.29, 0.717) is 48.2 Å². The molecule has 174 valence electrons. The number of unbranched alkanes of at least 4 members (excludes halogenated alkanes) is 2. The van der Waals surface area contributed by atoms with Crippen LogP contribution in [-0.2, 0) is 11.3 Å². The van der Waals surface area contributed by atoms with Gasteiger partial charge >= 0.3 is 12.0 Å². The monoisotopic (exact) mass is 460 g/mol. The Balaban J connectivity index is 2.01. The van der Waals surface area contributed by atoms with E-state index in [-0.39, 0.29) is 11.9 Å². The highest BCUT2D eigenvalue weighted by Gasteiger charge is 2.18. The van der Waals surface area contributed by atoms with Crippen LogP contribution < -0.4 is 10.6 Å². The van der Waals surface area contributed by atoms with Crippen molar-refractivity contribution in [2.45, 2.75) is 53.0 Å². The predicted molar refractivity (Wildman–Crippen MR) is 126 cm³/mol. The van der Waals surface area contributed by atoms with Gasteiger partial charge in [-0.3, -0.25) is 4.79 Å². The summed E-state index contributed by atoms with van der Waals surface area (Å²) in [7, 11) is 0.